The van der Waals surface area contributed by atoms with Gasteiger partial charge in [0.25, 0.3) is 0 Å². The normalized spacial score (nSPS) is 11.4. The molecule has 2 aromatic heterocycles. The number of hydrogen-bond acceptors (Lipinski definition) is 4. The molecule has 0 saturated heterocycles. The van der Waals surface area contributed by atoms with E-state index in [-0.39, 0.29) is 0 Å². The highest BCUT2D eigenvalue weighted by molar-refractivity contribution is 4.99. The minimum atomic E-state index is 0.451. The molecule has 0 aliphatic heterocycles. The maximum Gasteiger partial charge on any atom is 0.152 e. The first-order valence-corrected chi connectivity index (χ1v) is 6.16. The molecule has 0 amide bonds. The molecule has 0 fully saturated rings. The van der Waals surface area contributed by atoms with Crippen LogP contribution in [0, 0.1) is 6.92 Å². The van der Waals surface area contributed by atoms with Gasteiger partial charge in [0.1, 0.15) is 11.6 Å². The van der Waals surface area contributed by atoms with Crippen molar-refractivity contribution in [2.24, 2.45) is 7.05 Å². The van der Waals surface area contributed by atoms with E-state index in [0.717, 1.165) is 24.0 Å². The van der Waals surface area contributed by atoms with Crippen molar-refractivity contribution in [3.63, 3.8) is 0 Å². The van der Waals surface area contributed by atoms with E-state index in [1.807, 2.05) is 30.9 Å². The number of hydrogen-bond donors (Lipinski definition) is 1. The van der Waals surface area contributed by atoms with Crippen molar-refractivity contribution in [1.82, 2.24) is 29.6 Å². The van der Waals surface area contributed by atoms with Gasteiger partial charge in [-0.15, -0.1) is 10.2 Å². The maximum absolute atomic E-state index is 4.36. The van der Waals surface area contributed by atoms with E-state index in [4.69, 9.17) is 0 Å². The fourth-order valence-corrected chi connectivity index (χ4v) is 1.69. The van der Waals surface area contributed by atoms with Crippen molar-refractivity contribution in [3.05, 3.63) is 29.9 Å². The largest absolute Gasteiger partial charge is 0.326 e. The lowest BCUT2D eigenvalue weighted by molar-refractivity contribution is 0.548. The van der Waals surface area contributed by atoms with Crippen molar-refractivity contribution in [1.29, 1.82) is 0 Å². The fraction of sp³-hybridized carbons (Fsp3) is 0.583. The van der Waals surface area contributed by atoms with Gasteiger partial charge in [-0.25, -0.2) is 4.98 Å². The minimum Gasteiger partial charge on any atom is -0.326 e. The van der Waals surface area contributed by atoms with Crippen LogP contribution in [0.3, 0.4) is 0 Å². The Labute approximate surface area is 107 Å². The molecule has 2 aromatic rings. The van der Waals surface area contributed by atoms with E-state index in [9.17, 15) is 0 Å². The second-order valence-corrected chi connectivity index (χ2v) is 4.73. The average Bonchev–Trinajstić information content (AvgIpc) is 2.88. The Balaban J connectivity index is 2.10. The van der Waals surface area contributed by atoms with Crippen LogP contribution in [-0.4, -0.2) is 30.4 Å². The van der Waals surface area contributed by atoms with Gasteiger partial charge in [-0.05, 0) is 6.92 Å². The Morgan fingerprint density at radius 1 is 1.28 bits per heavy atom. The predicted octanol–water partition coefficient (Wildman–Crippen LogP) is 0.866. The first kappa shape index (κ1) is 12.8. The summed E-state index contributed by atoms with van der Waals surface area (Å²) in [6.07, 6.45) is 3.79. The van der Waals surface area contributed by atoms with Crippen LogP contribution < -0.4 is 5.32 Å². The van der Waals surface area contributed by atoms with Crippen molar-refractivity contribution in [3.8, 4) is 0 Å². The van der Waals surface area contributed by atoms with Crippen LogP contribution in [0.5, 0.6) is 0 Å². The van der Waals surface area contributed by atoms with E-state index in [1.54, 1.807) is 0 Å². The van der Waals surface area contributed by atoms with E-state index < -0.39 is 0 Å². The number of rotatable bonds is 5. The van der Waals surface area contributed by atoms with Crippen molar-refractivity contribution >= 4 is 0 Å². The first-order valence-electron chi connectivity index (χ1n) is 6.16. The fourth-order valence-electron chi connectivity index (χ4n) is 1.69. The second kappa shape index (κ2) is 5.30. The Hall–Kier alpha value is -1.69. The summed E-state index contributed by atoms with van der Waals surface area (Å²) >= 11 is 0. The third-order valence-electron chi connectivity index (χ3n) is 2.96. The minimum absolute atomic E-state index is 0.451. The summed E-state index contributed by atoms with van der Waals surface area (Å²) in [5.74, 6) is 2.88. The third kappa shape index (κ3) is 2.76. The topological polar surface area (TPSA) is 60.6 Å². The summed E-state index contributed by atoms with van der Waals surface area (Å²) in [4.78, 5) is 4.36. The van der Waals surface area contributed by atoms with Crippen LogP contribution in [0.25, 0.3) is 0 Å². The van der Waals surface area contributed by atoms with E-state index in [2.05, 4.69) is 38.9 Å². The molecule has 18 heavy (non-hydrogen) atoms. The smallest absolute Gasteiger partial charge is 0.152 e. The molecule has 0 atom stereocenters. The van der Waals surface area contributed by atoms with Gasteiger partial charge >= 0.3 is 0 Å². The van der Waals surface area contributed by atoms with Crippen LogP contribution in [0.2, 0.25) is 0 Å². The van der Waals surface area contributed by atoms with Crippen LogP contribution in [0.15, 0.2) is 12.4 Å². The zero-order valence-corrected chi connectivity index (χ0v) is 11.4. The van der Waals surface area contributed by atoms with Gasteiger partial charge in [0, 0.05) is 25.5 Å². The summed E-state index contributed by atoms with van der Waals surface area (Å²) in [6, 6.07) is 0.451. The molecule has 0 aromatic carbocycles. The summed E-state index contributed by atoms with van der Waals surface area (Å²) < 4.78 is 4.10. The molecular weight excluding hydrogens is 228 g/mol. The molecule has 6 nitrogen and oxygen atoms in total. The third-order valence-corrected chi connectivity index (χ3v) is 2.96. The summed E-state index contributed by atoms with van der Waals surface area (Å²) in [5, 5.41) is 11.6. The quantitative estimate of drug-likeness (QED) is 0.853. The lowest BCUT2D eigenvalue weighted by Crippen LogP contribution is -2.24. The SMILES string of the molecule is Cc1nnc(Cn2ccnc2CNC(C)C)n1C. The Morgan fingerprint density at radius 2 is 2.06 bits per heavy atom. The molecule has 98 valence electrons. The molecule has 0 saturated carbocycles. The number of imidazole rings is 1. The molecular formula is C12H20N6. The monoisotopic (exact) mass is 248 g/mol. The number of nitrogens with zero attached hydrogens (tertiary/aromatic N) is 5. The molecule has 0 aliphatic carbocycles. The van der Waals surface area contributed by atoms with Crippen molar-refractivity contribution in [2.45, 2.75) is 39.9 Å². The lowest BCUT2D eigenvalue weighted by Gasteiger charge is -2.10. The zero-order valence-electron chi connectivity index (χ0n) is 11.4. The average molecular weight is 248 g/mol. The molecule has 2 heterocycles. The van der Waals surface area contributed by atoms with E-state index in [1.165, 1.54) is 0 Å². The number of aromatic nitrogens is 5. The highest BCUT2D eigenvalue weighted by atomic mass is 15.3. The lowest BCUT2D eigenvalue weighted by atomic mass is 10.4. The zero-order chi connectivity index (χ0) is 13.1. The van der Waals surface area contributed by atoms with Gasteiger partial charge in [-0.2, -0.15) is 0 Å². The van der Waals surface area contributed by atoms with Gasteiger partial charge in [0.15, 0.2) is 5.82 Å². The summed E-state index contributed by atoms with van der Waals surface area (Å²) in [5.41, 5.74) is 0. The van der Waals surface area contributed by atoms with Gasteiger partial charge in [-0.1, -0.05) is 13.8 Å². The van der Waals surface area contributed by atoms with Crippen molar-refractivity contribution in [2.75, 3.05) is 0 Å². The van der Waals surface area contributed by atoms with Crippen LogP contribution in [0.4, 0.5) is 0 Å². The highest BCUT2D eigenvalue weighted by Crippen LogP contribution is 2.04. The molecule has 0 spiro atoms. The second-order valence-electron chi connectivity index (χ2n) is 4.73. The van der Waals surface area contributed by atoms with Crippen LogP contribution in [-0.2, 0) is 20.1 Å². The van der Waals surface area contributed by atoms with Gasteiger partial charge < -0.3 is 14.5 Å². The Kier molecular flexibility index (Phi) is 3.76. The molecule has 0 bridgehead atoms. The van der Waals surface area contributed by atoms with Crippen LogP contribution in [0.1, 0.15) is 31.3 Å². The van der Waals surface area contributed by atoms with Crippen LogP contribution >= 0.6 is 0 Å². The molecule has 0 unspecified atom stereocenters. The Morgan fingerprint density at radius 3 is 2.67 bits per heavy atom. The highest BCUT2D eigenvalue weighted by Gasteiger charge is 2.09. The van der Waals surface area contributed by atoms with Gasteiger partial charge in [0.05, 0.1) is 13.1 Å². The van der Waals surface area contributed by atoms with Crippen molar-refractivity contribution < 1.29 is 0 Å². The Bertz CT molecular complexity index is 510. The standard InChI is InChI=1S/C12H20N6/c1-9(2)14-7-11-13-5-6-18(11)8-12-16-15-10(3)17(12)4/h5-6,9,14H,7-8H2,1-4H3. The number of aryl methyl sites for hydroxylation is 1. The van der Waals surface area contributed by atoms with E-state index in [0.29, 0.717) is 12.6 Å². The molecule has 6 heteroatoms. The summed E-state index contributed by atoms with van der Waals surface area (Å²) in [7, 11) is 1.98. The predicted molar refractivity (Wildman–Crippen MR) is 69.0 cm³/mol. The van der Waals surface area contributed by atoms with Gasteiger partial charge in [-0.3, -0.25) is 0 Å². The molecule has 0 radical (unpaired) electrons. The first-order chi connectivity index (χ1) is 8.58. The molecule has 0 aliphatic rings. The molecule has 1 N–H and O–H groups in total. The summed E-state index contributed by atoms with van der Waals surface area (Å²) in [6.45, 7) is 7.66. The van der Waals surface area contributed by atoms with E-state index >= 15 is 0 Å². The maximum atomic E-state index is 4.36. The molecule has 2 rings (SSSR count). The number of nitrogens with one attached hydrogen (secondary N) is 1. The van der Waals surface area contributed by atoms with Gasteiger partial charge in [0.2, 0.25) is 0 Å².